The van der Waals surface area contributed by atoms with E-state index in [9.17, 15) is 9.90 Å². The van der Waals surface area contributed by atoms with Gasteiger partial charge in [0.05, 0.1) is 6.61 Å². The molecule has 0 fully saturated rings. The van der Waals surface area contributed by atoms with Crippen LogP contribution in [0.2, 0.25) is 0 Å². The second-order valence-electron chi connectivity index (χ2n) is 4.64. The van der Waals surface area contributed by atoms with Crippen LogP contribution >= 0.6 is 0 Å². The molecular weight excluding hydrogens is 252 g/mol. The minimum Gasteiger partial charge on any atom is -0.507 e. The van der Waals surface area contributed by atoms with Gasteiger partial charge in [-0.1, -0.05) is 36.4 Å². The first-order valence-electron chi connectivity index (χ1n) is 6.68. The third-order valence-corrected chi connectivity index (χ3v) is 3.07. The van der Waals surface area contributed by atoms with Crippen molar-refractivity contribution in [1.82, 2.24) is 0 Å². The van der Waals surface area contributed by atoms with Crippen molar-refractivity contribution in [3.63, 3.8) is 0 Å². The van der Waals surface area contributed by atoms with Crippen molar-refractivity contribution in [2.75, 3.05) is 6.61 Å². The average molecular weight is 270 g/mol. The fourth-order valence-electron chi connectivity index (χ4n) is 2.10. The highest BCUT2D eigenvalue weighted by Gasteiger charge is 2.13. The zero-order valence-electron chi connectivity index (χ0n) is 11.5. The Morgan fingerprint density at radius 1 is 1.10 bits per heavy atom. The van der Waals surface area contributed by atoms with Crippen LogP contribution in [0.3, 0.4) is 0 Å². The summed E-state index contributed by atoms with van der Waals surface area (Å²) < 4.78 is 5.62. The number of aryl methyl sites for hydroxylation is 1. The molecule has 0 saturated carbocycles. The van der Waals surface area contributed by atoms with Crippen LogP contribution in [-0.4, -0.2) is 17.5 Å². The summed E-state index contributed by atoms with van der Waals surface area (Å²) in [6.45, 7) is 1.94. The molecule has 3 heteroatoms. The highest BCUT2D eigenvalue weighted by atomic mass is 16.5. The topological polar surface area (TPSA) is 46.5 Å². The number of benzene rings is 2. The van der Waals surface area contributed by atoms with Gasteiger partial charge in [-0.05, 0) is 37.5 Å². The van der Waals surface area contributed by atoms with Crippen LogP contribution in [0, 0.1) is 0 Å². The summed E-state index contributed by atoms with van der Waals surface area (Å²) in [5, 5.41) is 9.70. The smallest absolute Gasteiger partial charge is 0.167 e. The molecule has 0 unspecified atom stereocenters. The number of Topliss-reactive ketones (excluding diaryl/α,β-unsaturated/α-hetero) is 1. The Labute approximate surface area is 118 Å². The summed E-state index contributed by atoms with van der Waals surface area (Å²) in [7, 11) is 0. The van der Waals surface area contributed by atoms with Crippen LogP contribution in [0.5, 0.6) is 11.5 Å². The fraction of sp³-hybridized carbons (Fsp3) is 0.235. The monoisotopic (exact) mass is 270 g/mol. The van der Waals surface area contributed by atoms with E-state index in [4.69, 9.17) is 4.74 Å². The quantitative estimate of drug-likeness (QED) is 0.644. The predicted molar refractivity (Wildman–Crippen MR) is 78.4 cm³/mol. The molecular formula is C17H18O3. The first kappa shape index (κ1) is 14.1. The number of hydrogen-bond donors (Lipinski definition) is 1. The summed E-state index contributed by atoms with van der Waals surface area (Å²) in [5.74, 6) is 0.227. The molecule has 1 N–H and O–H groups in total. The molecule has 0 amide bonds. The molecule has 0 aliphatic carbocycles. The summed E-state index contributed by atoms with van der Waals surface area (Å²) in [6.07, 6.45) is 1.78. The molecule has 2 aromatic carbocycles. The third-order valence-electron chi connectivity index (χ3n) is 3.07. The van der Waals surface area contributed by atoms with E-state index in [1.54, 1.807) is 12.1 Å². The molecule has 0 aliphatic rings. The molecule has 2 rings (SSSR count). The van der Waals surface area contributed by atoms with Crippen molar-refractivity contribution in [1.29, 1.82) is 0 Å². The van der Waals surface area contributed by atoms with E-state index in [1.807, 2.05) is 18.2 Å². The number of aromatic hydroxyl groups is 1. The molecule has 0 aromatic heterocycles. The van der Waals surface area contributed by atoms with Crippen molar-refractivity contribution in [2.24, 2.45) is 0 Å². The van der Waals surface area contributed by atoms with Gasteiger partial charge in [0.2, 0.25) is 0 Å². The van der Waals surface area contributed by atoms with Crippen molar-refractivity contribution in [3.8, 4) is 11.5 Å². The van der Waals surface area contributed by atoms with Crippen molar-refractivity contribution < 1.29 is 14.6 Å². The van der Waals surface area contributed by atoms with Crippen molar-refractivity contribution in [2.45, 2.75) is 19.8 Å². The van der Waals surface area contributed by atoms with Gasteiger partial charge in [0.15, 0.2) is 5.78 Å². The maximum Gasteiger partial charge on any atom is 0.167 e. The number of ether oxygens (including phenoxy) is 1. The molecule has 0 radical (unpaired) electrons. The Bertz CT molecular complexity index is 576. The molecule has 0 atom stereocenters. The van der Waals surface area contributed by atoms with Crippen LogP contribution in [-0.2, 0) is 6.42 Å². The average Bonchev–Trinajstić information content (AvgIpc) is 2.44. The van der Waals surface area contributed by atoms with Crippen LogP contribution in [0.4, 0.5) is 0 Å². The van der Waals surface area contributed by atoms with Gasteiger partial charge in [0.1, 0.15) is 17.1 Å². The summed E-state index contributed by atoms with van der Waals surface area (Å²) >= 11 is 0. The van der Waals surface area contributed by atoms with Gasteiger partial charge in [-0.2, -0.15) is 0 Å². The Morgan fingerprint density at radius 3 is 2.55 bits per heavy atom. The summed E-state index contributed by atoms with van der Waals surface area (Å²) in [5.41, 5.74) is 1.52. The number of rotatable bonds is 6. The molecule has 2 aromatic rings. The maximum atomic E-state index is 11.5. The van der Waals surface area contributed by atoms with Gasteiger partial charge in [-0.25, -0.2) is 0 Å². The number of carbonyl (C=O) groups is 1. The van der Waals surface area contributed by atoms with Gasteiger partial charge < -0.3 is 9.84 Å². The molecule has 0 spiro atoms. The first-order valence-corrected chi connectivity index (χ1v) is 6.68. The standard InChI is InChI=1S/C17H18O3/c1-13(18)17-15(19)10-5-11-16(17)20-12-6-9-14-7-3-2-4-8-14/h2-5,7-8,10-11,19H,6,9,12H2,1H3. The van der Waals surface area contributed by atoms with Crippen LogP contribution in [0.15, 0.2) is 48.5 Å². The Balaban J connectivity index is 1.92. The van der Waals surface area contributed by atoms with Gasteiger partial charge in [-0.3, -0.25) is 4.79 Å². The van der Waals surface area contributed by atoms with E-state index in [-0.39, 0.29) is 17.1 Å². The minimum absolute atomic E-state index is 0.0296. The first-order chi connectivity index (χ1) is 9.68. The zero-order valence-corrected chi connectivity index (χ0v) is 11.5. The second kappa shape index (κ2) is 6.75. The van der Waals surface area contributed by atoms with E-state index in [0.717, 1.165) is 12.8 Å². The number of carbonyl (C=O) groups excluding carboxylic acids is 1. The van der Waals surface area contributed by atoms with E-state index in [2.05, 4.69) is 12.1 Å². The van der Waals surface area contributed by atoms with Crippen LogP contribution < -0.4 is 4.74 Å². The number of ketones is 1. The zero-order chi connectivity index (χ0) is 14.4. The van der Waals surface area contributed by atoms with Gasteiger partial charge >= 0.3 is 0 Å². The van der Waals surface area contributed by atoms with E-state index in [1.165, 1.54) is 18.6 Å². The number of hydrogen-bond acceptors (Lipinski definition) is 3. The van der Waals surface area contributed by atoms with Gasteiger partial charge in [-0.15, -0.1) is 0 Å². The lowest BCUT2D eigenvalue weighted by Gasteiger charge is -2.10. The van der Waals surface area contributed by atoms with Crippen molar-refractivity contribution >= 4 is 5.78 Å². The lowest BCUT2D eigenvalue weighted by molar-refractivity contribution is 0.101. The molecule has 0 saturated heterocycles. The molecule has 104 valence electrons. The highest BCUT2D eigenvalue weighted by Crippen LogP contribution is 2.27. The molecule has 0 bridgehead atoms. The number of phenolic OH excluding ortho intramolecular Hbond substituents is 1. The van der Waals surface area contributed by atoms with Crippen LogP contribution in [0.1, 0.15) is 29.3 Å². The molecule has 0 heterocycles. The van der Waals surface area contributed by atoms with Gasteiger partial charge in [0, 0.05) is 0 Å². The van der Waals surface area contributed by atoms with Crippen LogP contribution in [0.25, 0.3) is 0 Å². The molecule has 0 aliphatic heterocycles. The van der Waals surface area contributed by atoms with E-state index >= 15 is 0 Å². The van der Waals surface area contributed by atoms with E-state index < -0.39 is 0 Å². The normalized spacial score (nSPS) is 10.2. The Morgan fingerprint density at radius 2 is 1.85 bits per heavy atom. The van der Waals surface area contributed by atoms with E-state index in [0.29, 0.717) is 12.4 Å². The maximum absolute atomic E-state index is 11.5. The third kappa shape index (κ3) is 3.60. The largest absolute Gasteiger partial charge is 0.507 e. The Kier molecular flexibility index (Phi) is 4.77. The van der Waals surface area contributed by atoms with Gasteiger partial charge in [0.25, 0.3) is 0 Å². The second-order valence-corrected chi connectivity index (χ2v) is 4.64. The Hall–Kier alpha value is -2.29. The lowest BCUT2D eigenvalue weighted by atomic mass is 10.1. The predicted octanol–water partition coefficient (Wildman–Crippen LogP) is 3.61. The van der Waals surface area contributed by atoms with Crippen molar-refractivity contribution in [3.05, 3.63) is 59.7 Å². The minimum atomic E-state index is -0.193. The fourth-order valence-corrected chi connectivity index (χ4v) is 2.10. The molecule has 3 nitrogen and oxygen atoms in total. The summed E-state index contributed by atoms with van der Waals surface area (Å²) in [4.78, 5) is 11.5. The molecule has 20 heavy (non-hydrogen) atoms. The number of phenols is 1. The summed E-state index contributed by atoms with van der Waals surface area (Å²) in [6, 6.07) is 15.1. The SMILES string of the molecule is CC(=O)c1c(O)cccc1OCCCc1ccccc1. The lowest BCUT2D eigenvalue weighted by Crippen LogP contribution is -2.04. The highest BCUT2D eigenvalue weighted by molar-refractivity contribution is 5.99.